The van der Waals surface area contributed by atoms with Gasteiger partial charge in [-0.25, -0.2) is 9.97 Å². The van der Waals surface area contributed by atoms with Crippen LogP contribution < -0.4 is 16.0 Å². The van der Waals surface area contributed by atoms with Gasteiger partial charge in [0.15, 0.2) is 11.6 Å². The molecular formula is C16H22BrN5O2. The fourth-order valence-corrected chi connectivity index (χ4v) is 2.40. The average molecular weight is 396 g/mol. The van der Waals surface area contributed by atoms with Gasteiger partial charge in [0.1, 0.15) is 12.0 Å². The van der Waals surface area contributed by atoms with Gasteiger partial charge in [0, 0.05) is 37.5 Å². The molecule has 3 N–H and O–H groups in total. The number of rotatable bonds is 9. The Kier molecular flexibility index (Phi) is 7.23. The molecule has 1 aromatic heterocycles. The standard InChI is InChI=1S/C16H22BrN5O2/c1-23-9-7-22(8-10-24-2)16-14(18)15(19-11-20-16)21-13-5-3-12(17)4-6-13/h3-6,11H,7-10,18H2,1-2H3,(H,19,20,21). The van der Waals surface area contributed by atoms with Crippen LogP contribution in [0.25, 0.3) is 0 Å². The highest BCUT2D eigenvalue weighted by Crippen LogP contribution is 2.28. The van der Waals surface area contributed by atoms with Crippen LogP contribution in [0.4, 0.5) is 23.0 Å². The molecule has 0 fully saturated rings. The van der Waals surface area contributed by atoms with E-state index in [2.05, 4.69) is 31.2 Å². The molecular weight excluding hydrogens is 374 g/mol. The maximum atomic E-state index is 6.29. The number of benzene rings is 1. The predicted octanol–water partition coefficient (Wildman–Crippen LogP) is 2.66. The fraction of sp³-hybridized carbons (Fsp3) is 0.375. The third-order valence-electron chi connectivity index (χ3n) is 3.40. The second-order valence-corrected chi connectivity index (χ2v) is 5.98. The van der Waals surface area contributed by atoms with Crippen molar-refractivity contribution < 1.29 is 9.47 Å². The van der Waals surface area contributed by atoms with Gasteiger partial charge in [0.25, 0.3) is 0 Å². The lowest BCUT2D eigenvalue weighted by molar-refractivity contribution is 0.190. The first-order chi connectivity index (χ1) is 11.7. The highest BCUT2D eigenvalue weighted by atomic mass is 79.9. The van der Waals surface area contributed by atoms with Crippen LogP contribution in [0.5, 0.6) is 0 Å². The Balaban J connectivity index is 2.22. The van der Waals surface area contributed by atoms with Gasteiger partial charge in [-0.2, -0.15) is 0 Å². The molecule has 24 heavy (non-hydrogen) atoms. The summed E-state index contributed by atoms with van der Waals surface area (Å²) < 4.78 is 11.3. The maximum Gasteiger partial charge on any atom is 0.159 e. The molecule has 0 aliphatic heterocycles. The summed E-state index contributed by atoms with van der Waals surface area (Å²) >= 11 is 3.42. The molecule has 2 rings (SSSR count). The fourth-order valence-electron chi connectivity index (χ4n) is 2.13. The van der Waals surface area contributed by atoms with Crippen LogP contribution in [-0.2, 0) is 9.47 Å². The van der Waals surface area contributed by atoms with Crippen LogP contribution in [0.1, 0.15) is 0 Å². The van der Waals surface area contributed by atoms with Gasteiger partial charge < -0.3 is 25.4 Å². The minimum Gasteiger partial charge on any atom is -0.393 e. The van der Waals surface area contributed by atoms with Crippen LogP contribution in [0, 0.1) is 0 Å². The molecule has 0 aliphatic rings. The molecule has 0 atom stereocenters. The van der Waals surface area contributed by atoms with E-state index in [1.54, 1.807) is 14.2 Å². The van der Waals surface area contributed by atoms with E-state index < -0.39 is 0 Å². The van der Waals surface area contributed by atoms with Gasteiger partial charge in [-0.1, -0.05) is 15.9 Å². The van der Waals surface area contributed by atoms with Crippen LogP contribution >= 0.6 is 15.9 Å². The van der Waals surface area contributed by atoms with Gasteiger partial charge >= 0.3 is 0 Å². The molecule has 0 spiro atoms. The molecule has 130 valence electrons. The van der Waals surface area contributed by atoms with E-state index in [9.17, 15) is 0 Å². The molecule has 0 aliphatic carbocycles. The van der Waals surface area contributed by atoms with E-state index in [1.807, 2.05) is 29.2 Å². The van der Waals surface area contributed by atoms with Crippen LogP contribution in [-0.4, -0.2) is 50.5 Å². The second kappa shape index (κ2) is 9.41. The number of anilines is 4. The monoisotopic (exact) mass is 395 g/mol. The largest absolute Gasteiger partial charge is 0.393 e. The Hall–Kier alpha value is -1.90. The maximum absolute atomic E-state index is 6.29. The molecule has 2 aromatic rings. The van der Waals surface area contributed by atoms with Crippen LogP contribution in [0.15, 0.2) is 35.1 Å². The number of hydrogen-bond donors (Lipinski definition) is 2. The lowest BCUT2D eigenvalue weighted by atomic mass is 10.3. The first-order valence-corrected chi connectivity index (χ1v) is 8.31. The first kappa shape index (κ1) is 18.4. The Bertz CT molecular complexity index is 631. The number of nitrogens with two attached hydrogens (primary N) is 1. The normalized spacial score (nSPS) is 10.6. The van der Waals surface area contributed by atoms with Crippen molar-refractivity contribution in [2.24, 2.45) is 0 Å². The summed E-state index contributed by atoms with van der Waals surface area (Å²) in [6.45, 7) is 2.48. The Morgan fingerprint density at radius 2 is 1.71 bits per heavy atom. The number of halogens is 1. The van der Waals surface area contributed by atoms with Crippen LogP contribution in [0.3, 0.4) is 0 Å². The van der Waals surface area contributed by atoms with Crippen molar-refractivity contribution in [2.45, 2.75) is 0 Å². The van der Waals surface area contributed by atoms with Crippen molar-refractivity contribution in [1.82, 2.24) is 9.97 Å². The van der Waals surface area contributed by atoms with Crippen molar-refractivity contribution >= 4 is 38.9 Å². The summed E-state index contributed by atoms with van der Waals surface area (Å²) in [5, 5.41) is 3.22. The number of nitrogens with one attached hydrogen (secondary N) is 1. The molecule has 7 nitrogen and oxygen atoms in total. The Morgan fingerprint density at radius 3 is 2.29 bits per heavy atom. The quantitative estimate of drug-likeness (QED) is 0.674. The van der Waals surface area contributed by atoms with Crippen LogP contribution in [0.2, 0.25) is 0 Å². The lowest BCUT2D eigenvalue weighted by Crippen LogP contribution is -2.32. The zero-order valence-corrected chi connectivity index (χ0v) is 15.4. The summed E-state index contributed by atoms with van der Waals surface area (Å²) in [5.74, 6) is 1.24. The number of nitrogens with zero attached hydrogens (tertiary/aromatic N) is 3. The summed E-state index contributed by atoms with van der Waals surface area (Å²) in [6, 6.07) is 7.78. The van der Waals surface area contributed by atoms with E-state index in [0.717, 1.165) is 10.2 Å². The van der Waals surface area contributed by atoms with Crippen molar-refractivity contribution in [3.05, 3.63) is 35.1 Å². The number of methoxy groups -OCH3 is 2. The Labute approximate surface area is 150 Å². The Morgan fingerprint density at radius 1 is 1.08 bits per heavy atom. The van der Waals surface area contributed by atoms with E-state index in [1.165, 1.54) is 6.33 Å². The van der Waals surface area contributed by atoms with Gasteiger partial charge in [-0.15, -0.1) is 0 Å². The third kappa shape index (κ3) is 5.05. The van der Waals surface area contributed by atoms with Gasteiger partial charge in [0.05, 0.1) is 13.2 Å². The molecule has 1 aromatic carbocycles. The molecule has 0 bridgehead atoms. The van der Waals surface area contributed by atoms with Crippen molar-refractivity contribution in [2.75, 3.05) is 56.5 Å². The zero-order chi connectivity index (χ0) is 17.4. The average Bonchev–Trinajstić information content (AvgIpc) is 2.59. The number of nitrogen functional groups attached to an aromatic ring is 1. The molecule has 8 heteroatoms. The third-order valence-corrected chi connectivity index (χ3v) is 3.93. The lowest BCUT2D eigenvalue weighted by Gasteiger charge is -2.25. The topological polar surface area (TPSA) is 85.5 Å². The number of hydrogen-bond acceptors (Lipinski definition) is 7. The zero-order valence-electron chi connectivity index (χ0n) is 13.8. The highest BCUT2D eigenvalue weighted by Gasteiger charge is 2.15. The molecule has 1 heterocycles. The van der Waals surface area contributed by atoms with Gasteiger partial charge in [-0.3, -0.25) is 0 Å². The highest BCUT2D eigenvalue weighted by molar-refractivity contribution is 9.10. The number of ether oxygens (including phenoxy) is 2. The summed E-state index contributed by atoms with van der Waals surface area (Å²) in [4.78, 5) is 10.6. The summed E-state index contributed by atoms with van der Waals surface area (Å²) in [5.41, 5.74) is 7.68. The summed E-state index contributed by atoms with van der Waals surface area (Å²) in [6.07, 6.45) is 1.50. The molecule has 0 radical (unpaired) electrons. The van der Waals surface area contributed by atoms with E-state index in [-0.39, 0.29) is 0 Å². The number of aromatic nitrogens is 2. The van der Waals surface area contributed by atoms with E-state index in [0.29, 0.717) is 43.6 Å². The molecule has 0 unspecified atom stereocenters. The minimum absolute atomic E-state index is 0.493. The van der Waals surface area contributed by atoms with Crippen molar-refractivity contribution in [3.63, 3.8) is 0 Å². The SMILES string of the molecule is COCCN(CCOC)c1ncnc(Nc2ccc(Br)cc2)c1N. The molecule has 0 saturated carbocycles. The second-order valence-electron chi connectivity index (χ2n) is 5.06. The van der Waals surface area contributed by atoms with Gasteiger partial charge in [-0.05, 0) is 24.3 Å². The molecule has 0 amide bonds. The van der Waals surface area contributed by atoms with Crippen molar-refractivity contribution in [3.8, 4) is 0 Å². The molecule has 0 saturated heterocycles. The first-order valence-electron chi connectivity index (χ1n) is 7.51. The summed E-state index contributed by atoms with van der Waals surface area (Å²) in [7, 11) is 3.33. The van der Waals surface area contributed by atoms with E-state index >= 15 is 0 Å². The smallest absolute Gasteiger partial charge is 0.159 e. The van der Waals surface area contributed by atoms with Gasteiger partial charge in [0.2, 0.25) is 0 Å². The predicted molar refractivity (Wildman–Crippen MR) is 99.8 cm³/mol. The van der Waals surface area contributed by atoms with E-state index in [4.69, 9.17) is 15.2 Å². The van der Waals surface area contributed by atoms with Crippen molar-refractivity contribution in [1.29, 1.82) is 0 Å². The minimum atomic E-state index is 0.493.